The van der Waals surface area contributed by atoms with Crippen molar-refractivity contribution in [1.82, 2.24) is 4.98 Å². The molecular formula is C13H20N4O. The number of carbonyl (C=O) groups excluding carboxylic acids is 1. The summed E-state index contributed by atoms with van der Waals surface area (Å²) in [6, 6.07) is 3.79. The van der Waals surface area contributed by atoms with Crippen LogP contribution in [0.5, 0.6) is 0 Å². The summed E-state index contributed by atoms with van der Waals surface area (Å²) in [6.07, 6.45) is 5.09. The second-order valence-electron chi connectivity index (χ2n) is 4.84. The lowest BCUT2D eigenvalue weighted by Crippen LogP contribution is -2.39. The maximum absolute atomic E-state index is 11.4. The largest absolute Gasteiger partial charge is 0.365 e. The minimum absolute atomic E-state index is 0.350. The Bertz CT molecular complexity index is 435. The Balaban J connectivity index is 2.28. The number of primary amides is 1. The van der Waals surface area contributed by atoms with Crippen LogP contribution in [0.4, 0.5) is 5.82 Å². The first-order valence-electron chi connectivity index (χ1n) is 6.33. The smallest absolute Gasteiger partial charge is 0.252 e. The molecule has 1 saturated carbocycles. The van der Waals surface area contributed by atoms with E-state index >= 15 is 0 Å². The van der Waals surface area contributed by atoms with Crippen LogP contribution >= 0.6 is 0 Å². The van der Waals surface area contributed by atoms with Gasteiger partial charge >= 0.3 is 0 Å². The van der Waals surface area contributed by atoms with Gasteiger partial charge in [0.1, 0.15) is 5.82 Å². The summed E-state index contributed by atoms with van der Waals surface area (Å²) >= 11 is 0. The fraction of sp³-hybridized carbons (Fsp3) is 0.538. The molecule has 2 unspecified atom stereocenters. The number of aromatic nitrogens is 1. The van der Waals surface area contributed by atoms with Crippen molar-refractivity contribution in [3.63, 3.8) is 0 Å². The SMILES string of the molecule is CN(c1ncccc1C(N)=O)C1CCCC1CN. The number of carbonyl (C=O) groups is 1. The van der Waals surface area contributed by atoms with E-state index in [4.69, 9.17) is 11.5 Å². The standard InChI is InChI=1S/C13H20N4O/c1-17(11-6-2-4-9(11)8-14)13-10(12(15)18)5-3-7-16-13/h3,5,7,9,11H,2,4,6,8,14H2,1H3,(H2,15,18). The van der Waals surface area contributed by atoms with Crippen LogP contribution < -0.4 is 16.4 Å². The maximum atomic E-state index is 11.4. The van der Waals surface area contributed by atoms with Crippen molar-refractivity contribution in [3.8, 4) is 0 Å². The molecule has 2 atom stereocenters. The molecular weight excluding hydrogens is 228 g/mol. The summed E-state index contributed by atoms with van der Waals surface area (Å²) in [6.45, 7) is 0.674. The van der Waals surface area contributed by atoms with E-state index in [0.717, 1.165) is 12.8 Å². The third kappa shape index (κ3) is 2.31. The Hall–Kier alpha value is -1.62. The molecule has 1 aliphatic carbocycles. The summed E-state index contributed by atoms with van der Waals surface area (Å²) in [4.78, 5) is 17.8. The number of anilines is 1. The first-order chi connectivity index (χ1) is 8.65. The van der Waals surface area contributed by atoms with Crippen LogP contribution in [-0.2, 0) is 0 Å². The number of pyridine rings is 1. The number of amides is 1. The molecule has 0 spiro atoms. The average Bonchev–Trinajstić information content (AvgIpc) is 2.86. The predicted molar refractivity (Wildman–Crippen MR) is 71.3 cm³/mol. The quantitative estimate of drug-likeness (QED) is 0.823. The Kier molecular flexibility index (Phi) is 3.81. The van der Waals surface area contributed by atoms with Gasteiger partial charge < -0.3 is 16.4 Å². The topological polar surface area (TPSA) is 85.2 Å². The lowest BCUT2D eigenvalue weighted by Gasteiger charge is -2.31. The zero-order valence-electron chi connectivity index (χ0n) is 10.7. The zero-order valence-corrected chi connectivity index (χ0v) is 10.7. The molecule has 18 heavy (non-hydrogen) atoms. The van der Waals surface area contributed by atoms with Gasteiger partial charge in [0, 0.05) is 19.3 Å². The lowest BCUT2D eigenvalue weighted by atomic mass is 10.0. The van der Waals surface area contributed by atoms with E-state index in [2.05, 4.69) is 9.88 Å². The average molecular weight is 248 g/mol. The molecule has 4 N–H and O–H groups in total. The monoisotopic (exact) mass is 248 g/mol. The molecule has 1 aliphatic rings. The Morgan fingerprint density at radius 2 is 2.33 bits per heavy atom. The predicted octanol–water partition coefficient (Wildman–Crippen LogP) is 0.744. The van der Waals surface area contributed by atoms with Gasteiger partial charge in [0.15, 0.2) is 0 Å². The van der Waals surface area contributed by atoms with Gasteiger partial charge in [-0.15, -0.1) is 0 Å². The summed E-state index contributed by atoms with van der Waals surface area (Å²) in [5, 5.41) is 0. The van der Waals surface area contributed by atoms with Gasteiger partial charge in [-0.05, 0) is 37.4 Å². The van der Waals surface area contributed by atoms with E-state index in [-0.39, 0.29) is 0 Å². The molecule has 2 rings (SSSR count). The molecule has 5 nitrogen and oxygen atoms in total. The van der Waals surface area contributed by atoms with E-state index in [1.165, 1.54) is 6.42 Å². The molecule has 1 fully saturated rings. The van der Waals surface area contributed by atoms with Crippen LogP contribution in [0.3, 0.4) is 0 Å². The van der Waals surface area contributed by atoms with E-state index in [9.17, 15) is 4.79 Å². The molecule has 0 saturated heterocycles. The van der Waals surface area contributed by atoms with Gasteiger partial charge in [0.25, 0.3) is 5.91 Å². The Labute approximate surface area is 107 Å². The highest BCUT2D eigenvalue weighted by Crippen LogP contribution is 2.31. The van der Waals surface area contributed by atoms with Crippen molar-refractivity contribution < 1.29 is 4.79 Å². The second kappa shape index (κ2) is 5.35. The van der Waals surface area contributed by atoms with Crippen molar-refractivity contribution in [3.05, 3.63) is 23.9 Å². The van der Waals surface area contributed by atoms with E-state index in [1.807, 2.05) is 7.05 Å². The van der Waals surface area contributed by atoms with Gasteiger partial charge in [-0.3, -0.25) is 4.79 Å². The van der Waals surface area contributed by atoms with Gasteiger partial charge in [0.2, 0.25) is 0 Å². The van der Waals surface area contributed by atoms with Crippen LogP contribution in [0.1, 0.15) is 29.6 Å². The summed E-state index contributed by atoms with van der Waals surface area (Å²) in [5.74, 6) is 0.695. The van der Waals surface area contributed by atoms with E-state index in [1.54, 1.807) is 18.3 Å². The van der Waals surface area contributed by atoms with Crippen molar-refractivity contribution in [1.29, 1.82) is 0 Å². The lowest BCUT2D eigenvalue weighted by molar-refractivity contribution is 0.100. The normalized spacial score (nSPS) is 23.0. The van der Waals surface area contributed by atoms with Crippen molar-refractivity contribution in [2.75, 3.05) is 18.5 Å². The van der Waals surface area contributed by atoms with Gasteiger partial charge in [-0.2, -0.15) is 0 Å². The van der Waals surface area contributed by atoms with Gasteiger partial charge in [-0.1, -0.05) is 6.42 Å². The number of nitrogens with zero attached hydrogens (tertiary/aromatic N) is 2. The molecule has 0 aromatic carbocycles. The molecule has 1 heterocycles. The summed E-state index contributed by atoms with van der Waals surface area (Å²) < 4.78 is 0. The third-order valence-corrected chi connectivity index (χ3v) is 3.81. The molecule has 1 aromatic rings. The first-order valence-corrected chi connectivity index (χ1v) is 6.33. The highest BCUT2D eigenvalue weighted by molar-refractivity contribution is 5.97. The molecule has 0 radical (unpaired) electrons. The number of rotatable bonds is 4. The fourth-order valence-electron chi connectivity index (χ4n) is 2.83. The van der Waals surface area contributed by atoms with Crippen LogP contribution in [0.25, 0.3) is 0 Å². The van der Waals surface area contributed by atoms with E-state index in [0.29, 0.717) is 29.9 Å². The molecule has 0 aliphatic heterocycles. The van der Waals surface area contributed by atoms with Crippen LogP contribution in [0, 0.1) is 5.92 Å². The first kappa shape index (κ1) is 12.8. The molecule has 98 valence electrons. The number of nitrogens with two attached hydrogens (primary N) is 2. The zero-order chi connectivity index (χ0) is 13.1. The highest BCUT2D eigenvalue weighted by Gasteiger charge is 2.31. The Morgan fingerprint density at radius 3 is 3.00 bits per heavy atom. The summed E-state index contributed by atoms with van der Waals surface area (Å²) in [5.41, 5.74) is 11.7. The van der Waals surface area contributed by atoms with Crippen LogP contribution in [-0.4, -0.2) is 30.5 Å². The number of hydrogen-bond acceptors (Lipinski definition) is 4. The second-order valence-corrected chi connectivity index (χ2v) is 4.84. The Morgan fingerprint density at radius 1 is 1.56 bits per heavy atom. The molecule has 1 amide bonds. The van der Waals surface area contributed by atoms with Crippen LogP contribution in [0.2, 0.25) is 0 Å². The maximum Gasteiger partial charge on any atom is 0.252 e. The van der Waals surface area contributed by atoms with Crippen molar-refractivity contribution >= 4 is 11.7 Å². The number of hydrogen-bond donors (Lipinski definition) is 2. The van der Waals surface area contributed by atoms with Gasteiger partial charge in [-0.25, -0.2) is 4.98 Å². The molecule has 1 aromatic heterocycles. The van der Waals surface area contributed by atoms with Gasteiger partial charge in [0.05, 0.1) is 5.56 Å². The fourth-order valence-corrected chi connectivity index (χ4v) is 2.83. The highest BCUT2D eigenvalue weighted by atomic mass is 16.1. The van der Waals surface area contributed by atoms with Crippen LogP contribution in [0.15, 0.2) is 18.3 Å². The van der Waals surface area contributed by atoms with Crippen molar-refractivity contribution in [2.24, 2.45) is 17.4 Å². The molecule has 5 heteroatoms. The summed E-state index contributed by atoms with van der Waals surface area (Å²) in [7, 11) is 1.97. The molecule has 0 bridgehead atoms. The van der Waals surface area contributed by atoms with E-state index < -0.39 is 5.91 Å². The minimum Gasteiger partial charge on any atom is -0.365 e. The van der Waals surface area contributed by atoms with Crippen molar-refractivity contribution in [2.45, 2.75) is 25.3 Å². The minimum atomic E-state index is -0.438. The third-order valence-electron chi connectivity index (χ3n) is 3.81.